The highest BCUT2D eigenvalue weighted by Gasteiger charge is 2.48. The number of morpholine rings is 1. The van der Waals surface area contributed by atoms with Gasteiger partial charge in [0, 0.05) is 16.5 Å². The maximum atomic E-state index is 6.31. The van der Waals surface area contributed by atoms with E-state index in [9.17, 15) is 0 Å². The van der Waals surface area contributed by atoms with Crippen LogP contribution in [0.2, 0.25) is 0 Å². The zero-order valence-electron chi connectivity index (χ0n) is 19.7. The summed E-state index contributed by atoms with van der Waals surface area (Å²) in [5.74, 6) is -0.786. The van der Waals surface area contributed by atoms with Crippen molar-refractivity contribution in [3.63, 3.8) is 0 Å². The van der Waals surface area contributed by atoms with Crippen LogP contribution in [0.3, 0.4) is 0 Å². The third kappa shape index (κ3) is 4.72. The number of aliphatic imine (C=N–C) groups is 1. The van der Waals surface area contributed by atoms with Crippen LogP contribution in [0.15, 0.2) is 89.9 Å². The Kier molecular flexibility index (Phi) is 7.63. The quantitative estimate of drug-likeness (QED) is 0.229. The second kappa shape index (κ2) is 10.7. The van der Waals surface area contributed by atoms with E-state index in [1.165, 1.54) is 0 Å². The molecule has 1 heterocycles. The van der Waals surface area contributed by atoms with Gasteiger partial charge in [-0.3, -0.25) is 21.3 Å². The van der Waals surface area contributed by atoms with Crippen LogP contribution in [0.1, 0.15) is 16.7 Å². The normalized spacial score (nSPS) is 21.6. The predicted molar refractivity (Wildman–Crippen MR) is 143 cm³/mol. The van der Waals surface area contributed by atoms with Crippen molar-refractivity contribution < 1.29 is 4.74 Å². The molecular formula is C27H31N5OS. The number of rotatable bonds is 8. The lowest BCUT2D eigenvalue weighted by Gasteiger charge is -2.50. The van der Waals surface area contributed by atoms with Gasteiger partial charge in [-0.15, -0.1) is 0 Å². The Morgan fingerprint density at radius 2 is 1.53 bits per heavy atom. The molecule has 0 radical (unpaired) electrons. The third-order valence-corrected chi connectivity index (χ3v) is 6.61. The van der Waals surface area contributed by atoms with Gasteiger partial charge < -0.3 is 4.74 Å². The molecule has 1 fully saturated rings. The smallest absolute Gasteiger partial charge is 0.194 e. The van der Waals surface area contributed by atoms with E-state index < -0.39 is 11.5 Å². The van der Waals surface area contributed by atoms with Crippen LogP contribution in [-0.4, -0.2) is 50.7 Å². The molecule has 4 rings (SSSR count). The molecule has 3 aromatic carbocycles. The van der Waals surface area contributed by atoms with Crippen LogP contribution in [0.5, 0.6) is 0 Å². The van der Waals surface area contributed by atoms with E-state index in [4.69, 9.17) is 21.9 Å². The number of thiocarbonyl (C=S) groups is 1. The molecule has 176 valence electrons. The Morgan fingerprint density at radius 1 is 0.912 bits per heavy atom. The topological polar surface area (TPSA) is 69.7 Å². The molecule has 0 amide bonds. The van der Waals surface area contributed by atoms with Crippen LogP contribution in [-0.2, 0) is 10.4 Å². The Hall–Kier alpha value is -2.78. The number of ether oxygens (including phenoxy) is 1. The molecule has 3 aromatic rings. The zero-order valence-corrected chi connectivity index (χ0v) is 20.5. The minimum absolute atomic E-state index is 0.268. The van der Waals surface area contributed by atoms with Crippen molar-refractivity contribution in [1.29, 1.82) is 0 Å². The Labute approximate surface area is 206 Å². The summed E-state index contributed by atoms with van der Waals surface area (Å²) in [5, 5.41) is 15.2. The Bertz CT molecular complexity index is 1090. The van der Waals surface area contributed by atoms with Crippen LogP contribution in [0.25, 0.3) is 0 Å². The number of hydrogen-bond acceptors (Lipinski definition) is 7. The zero-order chi connectivity index (χ0) is 24.0. The minimum Gasteiger partial charge on any atom is -0.342 e. The monoisotopic (exact) mass is 473 g/mol. The molecule has 34 heavy (non-hydrogen) atoms. The molecule has 1 aliphatic rings. The summed E-state index contributed by atoms with van der Waals surface area (Å²) >= 11 is 5.35. The average Bonchev–Trinajstić information content (AvgIpc) is 2.92. The number of benzene rings is 3. The molecule has 1 aliphatic heterocycles. The summed E-state index contributed by atoms with van der Waals surface area (Å²) in [6.07, 6.45) is 0. The summed E-state index contributed by atoms with van der Waals surface area (Å²) in [7, 11) is 5.61. The minimum atomic E-state index is -0.786. The highest BCUT2D eigenvalue weighted by atomic mass is 32.1. The molecular weight excluding hydrogens is 442 g/mol. The first-order valence-electron chi connectivity index (χ1n) is 11.3. The number of likely N-dealkylation sites (N-methyl/N-ethyl adjacent to an activating group) is 3. The van der Waals surface area contributed by atoms with E-state index in [1.54, 1.807) is 5.37 Å². The van der Waals surface area contributed by atoms with Gasteiger partial charge in [0.2, 0.25) is 0 Å². The predicted octanol–water partition coefficient (Wildman–Crippen LogP) is 3.31. The average molecular weight is 474 g/mol. The van der Waals surface area contributed by atoms with Gasteiger partial charge in [-0.25, -0.2) is 4.99 Å². The van der Waals surface area contributed by atoms with Crippen molar-refractivity contribution in [3.8, 4) is 0 Å². The maximum Gasteiger partial charge on any atom is 0.194 e. The lowest BCUT2D eigenvalue weighted by Crippen LogP contribution is -2.78. The maximum absolute atomic E-state index is 6.31. The summed E-state index contributed by atoms with van der Waals surface area (Å²) in [6, 6.07) is 28.4. The lowest BCUT2D eigenvalue weighted by atomic mass is 9.95. The molecule has 7 heteroatoms. The molecule has 4 N–H and O–H groups in total. The molecule has 6 nitrogen and oxygen atoms in total. The second-order valence-electron chi connectivity index (χ2n) is 8.18. The van der Waals surface area contributed by atoms with Gasteiger partial charge >= 0.3 is 0 Å². The van der Waals surface area contributed by atoms with Gasteiger partial charge in [-0.1, -0.05) is 85.0 Å². The second-order valence-corrected chi connectivity index (χ2v) is 8.45. The van der Waals surface area contributed by atoms with Crippen LogP contribution < -0.4 is 21.3 Å². The Balaban J connectivity index is 1.74. The molecule has 0 spiro atoms. The molecule has 2 unspecified atom stereocenters. The molecule has 0 saturated carbocycles. The van der Waals surface area contributed by atoms with Gasteiger partial charge in [0.15, 0.2) is 5.85 Å². The van der Waals surface area contributed by atoms with Gasteiger partial charge in [-0.2, -0.15) is 0 Å². The van der Waals surface area contributed by atoms with Crippen molar-refractivity contribution >= 4 is 29.0 Å². The molecule has 0 aliphatic carbocycles. The largest absolute Gasteiger partial charge is 0.342 e. The molecule has 0 bridgehead atoms. The SMILES string of the molecule is CNC1(c2cccc(N=C(c3ccccc3)c3ccccc3)c2)COC(NC)(NC)C(C=S)N1. The van der Waals surface area contributed by atoms with Gasteiger partial charge in [0.25, 0.3) is 0 Å². The highest BCUT2D eigenvalue weighted by molar-refractivity contribution is 7.79. The number of hydrogen-bond donors (Lipinski definition) is 4. The van der Waals surface area contributed by atoms with Crippen LogP contribution in [0.4, 0.5) is 5.69 Å². The fraction of sp³-hybridized carbons (Fsp3) is 0.259. The fourth-order valence-corrected chi connectivity index (χ4v) is 4.60. The van der Waals surface area contributed by atoms with E-state index in [2.05, 4.69) is 57.7 Å². The van der Waals surface area contributed by atoms with Crippen molar-refractivity contribution in [2.45, 2.75) is 17.6 Å². The van der Waals surface area contributed by atoms with Crippen LogP contribution in [0, 0.1) is 0 Å². The number of nitrogens with zero attached hydrogens (tertiary/aromatic N) is 1. The summed E-state index contributed by atoms with van der Waals surface area (Å²) in [6.45, 7) is 0.377. The molecule has 0 aromatic heterocycles. The summed E-state index contributed by atoms with van der Waals surface area (Å²) in [4.78, 5) is 5.09. The fourth-order valence-electron chi connectivity index (χ4n) is 4.34. The van der Waals surface area contributed by atoms with E-state index in [0.717, 1.165) is 28.1 Å². The van der Waals surface area contributed by atoms with E-state index in [0.29, 0.717) is 6.61 Å². The highest BCUT2D eigenvalue weighted by Crippen LogP contribution is 2.30. The van der Waals surface area contributed by atoms with Crippen molar-refractivity contribution in [2.24, 2.45) is 4.99 Å². The van der Waals surface area contributed by atoms with E-state index in [-0.39, 0.29) is 6.04 Å². The lowest BCUT2D eigenvalue weighted by molar-refractivity contribution is -0.160. The van der Waals surface area contributed by atoms with Crippen molar-refractivity contribution in [1.82, 2.24) is 21.3 Å². The first kappa shape index (κ1) is 24.3. The van der Waals surface area contributed by atoms with Gasteiger partial charge in [0.05, 0.1) is 24.0 Å². The van der Waals surface area contributed by atoms with Crippen molar-refractivity contribution in [2.75, 3.05) is 27.7 Å². The van der Waals surface area contributed by atoms with E-state index in [1.807, 2.05) is 69.7 Å². The van der Waals surface area contributed by atoms with Gasteiger partial charge in [-0.05, 0) is 38.8 Å². The first-order valence-corrected chi connectivity index (χ1v) is 11.8. The first-order chi connectivity index (χ1) is 16.6. The van der Waals surface area contributed by atoms with Crippen LogP contribution >= 0.6 is 12.2 Å². The third-order valence-electron chi connectivity index (χ3n) is 6.34. The van der Waals surface area contributed by atoms with E-state index >= 15 is 0 Å². The molecule has 1 saturated heterocycles. The summed E-state index contributed by atoms with van der Waals surface area (Å²) in [5.41, 5.74) is 4.28. The van der Waals surface area contributed by atoms with Crippen molar-refractivity contribution in [3.05, 3.63) is 102 Å². The Morgan fingerprint density at radius 3 is 2.06 bits per heavy atom. The number of nitrogens with one attached hydrogen (secondary N) is 4. The standard InChI is InChI=1S/C27H31N5OS/c1-28-26(19-33-27(29-2,30-3)24(18-34)32-26)22-15-10-16-23(17-22)31-25(20-11-6-4-7-12-20)21-13-8-5-9-14-21/h4-18,24,28-30,32H,19H2,1-3H3. The van der Waals surface area contributed by atoms with Gasteiger partial charge in [0.1, 0.15) is 5.66 Å². The molecule has 2 atom stereocenters. The summed E-state index contributed by atoms with van der Waals surface area (Å²) < 4.78 is 6.31.